The molecule has 0 aliphatic heterocycles. The molecule has 0 bridgehead atoms. The summed E-state index contributed by atoms with van der Waals surface area (Å²) in [4.78, 5) is 16.4. The van der Waals surface area contributed by atoms with E-state index in [9.17, 15) is 9.90 Å². The number of hydrogen-bond donors (Lipinski definition) is 1. The van der Waals surface area contributed by atoms with Crippen LogP contribution in [0.1, 0.15) is 79.2 Å². The number of carbonyl (C=O) groups is 1. The molecule has 5 heteroatoms. The van der Waals surface area contributed by atoms with Gasteiger partial charge in [-0.3, -0.25) is 0 Å². The Balaban J connectivity index is 2.43. The van der Waals surface area contributed by atoms with Gasteiger partial charge in [-0.05, 0) is 25.7 Å². The molecule has 0 radical (unpaired) electrons. The summed E-state index contributed by atoms with van der Waals surface area (Å²) >= 11 is 1.31. The van der Waals surface area contributed by atoms with Gasteiger partial charge in [-0.2, -0.15) is 0 Å². The number of rotatable bonds is 5. The molecule has 1 aromatic rings. The Bertz CT molecular complexity index is 470. The van der Waals surface area contributed by atoms with Crippen molar-refractivity contribution in [1.82, 2.24) is 4.98 Å². The monoisotopic (exact) mass is 297 g/mol. The van der Waals surface area contributed by atoms with Gasteiger partial charge in [0.05, 0.1) is 5.69 Å². The van der Waals surface area contributed by atoms with E-state index in [0.717, 1.165) is 30.7 Å². The number of thiazole rings is 1. The molecule has 1 aromatic heterocycles. The molecule has 0 aromatic carbocycles. The lowest BCUT2D eigenvalue weighted by Gasteiger charge is -2.35. The van der Waals surface area contributed by atoms with E-state index in [-0.39, 0.29) is 11.5 Å². The Hall–Kier alpha value is -0.940. The molecule has 1 heterocycles. The third-order valence-corrected chi connectivity index (χ3v) is 5.11. The van der Waals surface area contributed by atoms with Gasteiger partial charge in [0.1, 0.15) is 15.5 Å². The van der Waals surface area contributed by atoms with E-state index in [4.69, 9.17) is 4.74 Å². The quantitative estimate of drug-likeness (QED) is 0.886. The van der Waals surface area contributed by atoms with Crippen molar-refractivity contribution in [3.05, 3.63) is 15.6 Å². The minimum absolute atomic E-state index is 0.119. The van der Waals surface area contributed by atoms with Crippen LogP contribution in [0.15, 0.2) is 0 Å². The van der Waals surface area contributed by atoms with Crippen molar-refractivity contribution in [3.8, 4) is 0 Å². The van der Waals surface area contributed by atoms with E-state index in [0.29, 0.717) is 17.2 Å². The number of nitrogens with zero attached hydrogens (tertiary/aromatic N) is 1. The molecule has 1 aliphatic carbocycles. The highest BCUT2D eigenvalue weighted by Gasteiger charge is 2.39. The van der Waals surface area contributed by atoms with Gasteiger partial charge < -0.3 is 9.84 Å². The predicted octanol–water partition coefficient (Wildman–Crippen LogP) is 4.16. The molecule has 0 unspecified atom stereocenters. The van der Waals surface area contributed by atoms with Crippen LogP contribution in [0, 0.1) is 0 Å². The molecule has 20 heavy (non-hydrogen) atoms. The van der Waals surface area contributed by atoms with Crippen LogP contribution in [-0.2, 0) is 10.3 Å². The first-order chi connectivity index (χ1) is 9.50. The van der Waals surface area contributed by atoms with Crippen molar-refractivity contribution in [1.29, 1.82) is 0 Å². The van der Waals surface area contributed by atoms with Gasteiger partial charge in [-0.1, -0.05) is 33.1 Å². The fraction of sp³-hybridized carbons (Fsp3) is 0.733. The fourth-order valence-electron chi connectivity index (χ4n) is 2.89. The number of carboxylic acids is 1. The van der Waals surface area contributed by atoms with Gasteiger partial charge in [0.25, 0.3) is 0 Å². The first kappa shape index (κ1) is 15.4. The van der Waals surface area contributed by atoms with E-state index in [1.807, 2.05) is 20.8 Å². The summed E-state index contributed by atoms with van der Waals surface area (Å²) in [6, 6.07) is 0. The average molecular weight is 297 g/mol. The molecule has 112 valence electrons. The molecule has 1 fully saturated rings. The maximum atomic E-state index is 11.4. The van der Waals surface area contributed by atoms with Crippen LogP contribution in [0.4, 0.5) is 0 Å². The van der Waals surface area contributed by atoms with E-state index >= 15 is 0 Å². The van der Waals surface area contributed by atoms with Gasteiger partial charge in [0, 0.05) is 6.61 Å². The average Bonchev–Trinajstić information content (AvgIpc) is 2.86. The Kier molecular flexibility index (Phi) is 4.81. The van der Waals surface area contributed by atoms with Crippen LogP contribution in [0.25, 0.3) is 0 Å². The van der Waals surface area contributed by atoms with E-state index in [1.165, 1.54) is 17.8 Å². The number of aromatic nitrogens is 1. The van der Waals surface area contributed by atoms with Crippen molar-refractivity contribution in [2.75, 3.05) is 6.61 Å². The molecule has 0 spiro atoms. The maximum absolute atomic E-state index is 11.4. The summed E-state index contributed by atoms with van der Waals surface area (Å²) in [7, 11) is 0. The lowest BCUT2D eigenvalue weighted by atomic mass is 9.85. The topological polar surface area (TPSA) is 59.4 Å². The molecular weight excluding hydrogens is 274 g/mol. The van der Waals surface area contributed by atoms with Gasteiger partial charge in [-0.15, -0.1) is 11.3 Å². The second-order valence-electron chi connectivity index (χ2n) is 5.68. The van der Waals surface area contributed by atoms with Gasteiger partial charge in [-0.25, -0.2) is 9.78 Å². The Morgan fingerprint density at radius 2 is 2.05 bits per heavy atom. The van der Waals surface area contributed by atoms with Crippen molar-refractivity contribution < 1.29 is 14.6 Å². The summed E-state index contributed by atoms with van der Waals surface area (Å²) in [6.45, 7) is 6.60. The fourth-order valence-corrected chi connectivity index (χ4v) is 4.15. The third-order valence-electron chi connectivity index (χ3n) is 3.87. The second-order valence-corrected chi connectivity index (χ2v) is 6.68. The second kappa shape index (κ2) is 6.22. The van der Waals surface area contributed by atoms with E-state index < -0.39 is 5.97 Å². The largest absolute Gasteiger partial charge is 0.477 e. The summed E-state index contributed by atoms with van der Waals surface area (Å²) < 4.78 is 6.04. The van der Waals surface area contributed by atoms with Crippen LogP contribution in [0.3, 0.4) is 0 Å². The minimum atomic E-state index is -0.875. The zero-order chi connectivity index (χ0) is 14.8. The van der Waals surface area contributed by atoms with Crippen LogP contribution >= 0.6 is 11.3 Å². The lowest BCUT2D eigenvalue weighted by molar-refractivity contribution is -0.0705. The van der Waals surface area contributed by atoms with Gasteiger partial charge in [0.2, 0.25) is 0 Å². The third kappa shape index (κ3) is 2.88. The lowest BCUT2D eigenvalue weighted by Crippen LogP contribution is -2.32. The molecule has 1 N–H and O–H groups in total. The Labute approximate surface area is 124 Å². The highest BCUT2D eigenvalue weighted by Crippen LogP contribution is 2.43. The van der Waals surface area contributed by atoms with Gasteiger partial charge >= 0.3 is 5.97 Å². The van der Waals surface area contributed by atoms with E-state index in [1.54, 1.807) is 0 Å². The molecule has 0 amide bonds. The van der Waals surface area contributed by atoms with Crippen LogP contribution in [0.5, 0.6) is 0 Å². The van der Waals surface area contributed by atoms with Crippen molar-refractivity contribution in [3.63, 3.8) is 0 Å². The first-order valence-electron chi connectivity index (χ1n) is 7.38. The molecule has 1 saturated carbocycles. The molecule has 0 atom stereocenters. The standard InChI is InChI=1S/C15H23NO3S/c1-4-19-15(8-6-5-7-9-15)14-16-11(10(2)3)12(20-14)13(17)18/h10H,4-9H2,1-3H3,(H,17,18). The van der Waals surface area contributed by atoms with Crippen molar-refractivity contribution in [2.24, 2.45) is 0 Å². The Morgan fingerprint density at radius 3 is 2.50 bits per heavy atom. The van der Waals surface area contributed by atoms with Gasteiger partial charge in [0.15, 0.2) is 0 Å². The molecular formula is C15H23NO3S. The van der Waals surface area contributed by atoms with Crippen molar-refractivity contribution in [2.45, 2.75) is 64.4 Å². The summed E-state index contributed by atoms with van der Waals surface area (Å²) in [5, 5.41) is 10.2. The summed E-state index contributed by atoms with van der Waals surface area (Å²) in [6.07, 6.45) is 5.37. The number of ether oxygens (including phenoxy) is 1. The maximum Gasteiger partial charge on any atom is 0.347 e. The number of aromatic carboxylic acids is 1. The minimum Gasteiger partial charge on any atom is -0.477 e. The Morgan fingerprint density at radius 1 is 1.40 bits per heavy atom. The molecule has 0 saturated heterocycles. The normalized spacial score (nSPS) is 18.4. The molecule has 2 rings (SSSR count). The van der Waals surface area contributed by atoms with Crippen molar-refractivity contribution >= 4 is 17.3 Å². The first-order valence-corrected chi connectivity index (χ1v) is 8.20. The zero-order valence-electron chi connectivity index (χ0n) is 12.4. The molecule has 1 aliphatic rings. The zero-order valence-corrected chi connectivity index (χ0v) is 13.3. The SMILES string of the molecule is CCOC1(c2nc(C(C)C)c(C(=O)O)s2)CCCCC1. The predicted molar refractivity (Wildman–Crippen MR) is 79.6 cm³/mol. The highest BCUT2D eigenvalue weighted by molar-refractivity contribution is 7.13. The number of carboxylic acid groups (broad SMARTS) is 1. The van der Waals surface area contributed by atoms with Crippen LogP contribution < -0.4 is 0 Å². The highest BCUT2D eigenvalue weighted by atomic mass is 32.1. The number of hydrogen-bond acceptors (Lipinski definition) is 4. The molecule has 4 nitrogen and oxygen atoms in total. The smallest absolute Gasteiger partial charge is 0.347 e. The van der Waals surface area contributed by atoms with Crippen LogP contribution in [-0.4, -0.2) is 22.7 Å². The summed E-state index contributed by atoms with van der Waals surface area (Å²) in [5.74, 6) is -0.756. The van der Waals surface area contributed by atoms with E-state index in [2.05, 4.69) is 4.98 Å². The summed E-state index contributed by atoms with van der Waals surface area (Å²) in [5.41, 5.74) is 0.344. The van der Waals surface area contributed by atoms with Crippen LogP contribution in [0.2, 0.25) is 0 Å².